The molecule has 0 saturated heterocycles. The lowest BCUT2D eigenvalue weighted by Gasteiger charge is -2.47. The predicted octanol–water partition coefficient (Wildman–Crippen LogP) is -0.539. The molecule has 1 aromatic rings. The van der Waals surface area contributed by atoms with Crippen molar-refractivity contribution in [2.24, 2.45) is 0 Å². The number of nitrogens with zero attached hydrogens (tertiary/aromatic N) is 4. The molecule has 1 aliphatic rings. The smallest absolute Gasteiger partial charge is 0.241 e. The average molecular weight is 252 g/mol. The maximum atomic E-state index is 11.8. The first-order chi connectivity index (χ1) is 8.52. The summed E-state index contributed by atoms with van der Waals surface area (Å²) in [5.41, 5.74) is 5.52. The summed E-state index contributed by atoms with van der Waals surface area (Å²) in [6, 6.07) is 0. The minimum Gasteiger partial charge on any atom is -0.367 e. The molecule has 7 nitrogen and oxygen atoms in total. The first-order valence-electron chi connectivity index (χ1n) is 6.11. The Kier molecular flexibility index (Phi) is 3.51. The predicted molar refractivity (Wildman–Crippen MR) is 67.7 cm³/mol. The van der Waals surface area contributed by atoms with Crippen LogP contribution in [0.5, 0.6) is 0 Å². The van der Waals surface area contributed by atoms with Gasteiger partial charge in [-0.1, -0.05) is 0 Å². The second kappa shape index (κ2) is 4.93. The van der Waals surface area contributed by atoms with Crippen LogP contribution in [0.4, 0.5) is 5.95 Å². The lowest BCUT2D eigenvalue weighted by molar-refractivity contribution is -0.122. The lowest BCUT2D eigenvalue weighted by Crippen LogP contribution is -2.57. The highest BCUT2D eigenvalue weighted by molar-refractivity contribution is 5.75. The van der Waals surface area contributed by atoms with Gasteiger partial charge in [-0.05, 0) is 33.4 Å². The number of hydrogen-bond acceptors (Lipinski definition) is 5. The summed E-state index contributed by atoms with van der Waals surface area (Å²) in [4.78, 5) is 17.7. The zero-order valence-corrected chi connectivity index (χ0v) is 10.9. The Bertz CT molecular complexity index is 423. The number of aromatic nitrogens is 3. The molecule has 1 fully saturated rings. The van der Waals surface area contributed by atoms with Crippen molar-refractivity contribution in [2.75, 3.05) is 26.4 Å². The van der Waals surface area contributed by atoms with Crippen LogP contribution in [0.3, 0.4) is 0 Å². The molecule has 0 aromatic carbocycles. The molecule has 1 saturated carbocycles. The molecule has 0 bridgehead atoms. The molecule has 3 N–H and O–H groups in total. The van der Waals surface area contributed by atoms with Gasteiger partial charge in [0.25, 0.3) is 0 Å². The van der Waals surface area contributed by atoms with E-state index in [1.54, 1.807) is 0 Å². The Balaban J connectivity index is 1.81. The van der Waals surface area contributed by atoms with Crippen molar-refractivity contribution in [2.45, 2.75) is 31.3 Å². The van der Waals surface area contributed by atoms with E-state index in [4.69, 9.17) is 5.73 Å². The molecule has 0 spiro atoms. The molecule has 0 atom stereocenters. The fourth-order valence-corrected chi connectivity index (χ4v) is 2.22. The number of amides is 1. The van der Waals surface area contributed by atoms with Crippen molar-refractivity contribution in [3.05, 3.63) is 6.33 Å². The molecule has 7 heteroatoms. The highest BCUT2D eigenvalue weighted by Gasteiger charge is 2.39. The SMILES string of the molecule is CN(C)C1(CNC(=O)Cn2cnc(N)n2)CCC1. The van der Waals surface area contributed by atoms with E-state index >= 15 is 0 Å². The summed E-state index contributed by atoms with van der Waals surface area (Å²) in [6.07, 6.45) is 4.96. The summed E-state index contributed by atoms with van der Waals surface area (Å²) < 4.78 is 1.44. The van der Waals surface area contributed by atoms with E-state index < -0.39 is 0 Å². The fraction of sp³-hybridized carbons (Fsp3) is 0.727. The number of rotatable bonds is 5. The van der Waals surface area contributed by atoms with Gasteiger partial charge < -0.3 is 16.0 Å². The van der Waals surface area contributed by atoms with E-state index in [2.05, 4.69) is 34.4 Å². The van der Waals surface area contributed by atoms with Gasteiger partial charge >= 0.3 is 0 Å². The van der Waals surface area contributed by atoms with Crippen molar-refractivity contribution >= 4 is 11.9 Å². The maximum absolute atomic E-state index is 11.8. The van der Waals surface area contributed by atoms with Gasteiger partial charge in [0.1, 0.15) is 12.9 Å². The molecule has 1 heterocycles. The normalized spacial score (nSPS) is 17.5. The molecular weight excluding hydrogens is 232 g/mol. The van der Waals surface area contributed by atoms with Crippen LogP contribution in [-0.2, 0) is 11.3 Å². The molecule has 1 aliphatic carbocycles. The summed E-state index contributed by atoms with van der Waals surface area (Å²) >= 11 is 0. The van der Waals surface area contributed by atoms with E-state index in [0.29, 0.717) is 6.54 Å². The minimum absolute atomic E-state index is 0.0620. The molecule has 18 heavy (non-hydrogen) atoms. The Morgan fingerprint density at radius 1 is 1.61 bits per heavy atom. The lowest BCUT2D eigenvalue weighted by atomic mass is 9.75. The number of likely N-dealkylation sites (N-methyl/N-ethyl adjacent to an activating group) is 1. The number of carbonyl (C=O) groups is 1. The maximum Gasteiger partial charge on any atom is 0.241 e. The largest absolute Gasteiger partial charge is 0.367 e. The highest BCUT2D eigenvalue weighted by Crippen LogP contribution is 2.35. The average Bonchev–Trinajstić information content (AvgIpc) is 2.61. The van der Waals surface area contributed by atoms with Crippen LogP contribution in [0.1, 0.15) is 19.3 Å². The summed E-state index contributed by atoms with van der Waals surface area (Å²) in [6.45, 7) is 0.844. The molecule has 2 rings (SSSR count). The first-order valence-corrected chi connectivity index (χ1v) is 6.11. The Morgan fingerprint density at radius 2 is 2.33 bits per heavy atom. The third kappa shape index (κ3) is 2.61. The third-order valence-corrected chi connectivity index (χ3v) is 3.71. The summed E-state index contributed by atoms with van der Waals surface area (Å²) in [5.74, 6) is 0.125. The van der Waals surface area contributed by atoms with Crippen molar-refractivity contribution in [1.82, 2.24) is 25.0 Å². The molecule has 100 valence electrons. The van der Waals surface area contributed by atoms with Crippen LogP contribution in [-0.4, -0.2) is 51.8 Å². The summed E-state index contributed by atoms with van der Waals surface area (Å²) in [7, 11) is 4.12. The van der Waals surface area contributed by atoms with E-state index in [-0.39, 0.29) is 23.9 Å². The molecule has 1 aromatic heterocycles. The van der Waals surface area contributed by atoms with E-state index in [9.17, 15) is 4.79 Å². The standard InChI is InChI=1S/C11H20N6O/c1-16(2)11(4-3-5-11)7-13-9(18)6-17-8-14-10(12)15-17/h8H,3-7H2,1-2H3,(H2,12,15)(H,13,18). The van der Waals surface area contributed by atoms with Gasteiger partial charge in [-0.3, -0.25) is 4.79 Å². The Hall–Kier alpha value is -1.63. The molecule has 0 unspecified atom stereocenters. The van der Waals surface area contributed by atoms with Crippen LogP contribution in [0.15, 0.2) is 6.33 Å². The number of nitrogens with two attached hydrogens (primary N) is 1. The fourth-order valence-electron chi connectivity index (χ4n) is 2.22. The summed E-state index contributed by atoms with van der Waals surface area (Å²) in [5, 5.41) is 6.83. The van der Waals surface area contributed by atoms with Crippen LogP contribution in [0, 0.1) is 0 Å². The quantitative estimate of drug-likeness (QED) is 0.734. The Morgan fingerprint density at radius 3 is 2.78 bits per heavy atom. The van der Waals surface area contributed by atoms with Crippen LogP contribution >= 0.6 is 0 Å². The van der Waals surface area contributed by atoms with E-state index in [1.807, 2.05) is 0 Å². The second-order valence-corrected chi connectivity index (χ2v) is 5.05. The second-order valence-electron chi connectivity index (χ2n) is 5.05. The van der Waals surface area contributed by atoms with Gasteiger partial charge in [0.05, 0.1) is 0 Å². The van der Waals surface area contributed by atoms with E-state index in [0.717, 1.165) is 12.8 Å². The van der Waals surface area contributed by atoms with Gasteiger partial charge in [0, 0.05) is 12.1 Å². The van der Waals surface area contributed by atoms with Gasteiger partial charge in [-0.2, -0.15) is 0 Å². The van der Waals surface area contributed by atoms with Gasteiger partial charge in [0.2, 0.25) is 11.9 Å². The van der Waals surface area contributed by atoms with Gasteiger partial charge in [0.15, 0.2) is 0 Å². The van der Waals surface area contributed by atoms with Crippen molar-refractivity contribution in [1.29, 1.82) is 0 Å². The third-order valence-electron chi connectivity index (χ3n) is 3.71. The van der Waals surface area contributed by atoms with Gasteiger partial charge in [-0.15, -0.1) is 5.10 Å². The topological polar surface area (TPSA) is 89.1 Å². The number of nitrogen functional groups attached to an aromatic ring is 1. The van der Waals surface area contributed by atoms with E-state index in [1.165, 1.54) is 17.4 Å². The minimum atomic E-state index is -0.0620. The van der Waals surface area contributed by atoms with Crippen LogP contribution < -0.4 is 11.1 Å². The molecule has 1 amide bonds. The van der Waals surface area contributed by atoms with Crippen molar-refractivity contribution in [3.8, 4) is 0 Å². The number of hydrogen-bond donors (Lipinski definition) is 2. The first kappa shape index (κ1) is 12.8. The number of anilines is 1. The number of nitrogens with one attached hydrogen (secondary N) is 1. The number of carbonyl (C=O) groups excluding carboxylic acids is 1. The molecule has 0 radical (unpaired) electrons. The molecular formula is C11H20N6O. The Labute approximate surface area is 106 Å². The van der Waals surface area contributed by atoms with Crippen molar-refractivity contribution < 1.29 is 4.79 Å². The zero-order valence-electron chi connectivity index (χ0n) is 10.9. The van der Waals surface area contributed by atoms with Gasteiger partial charge in [-0.25, -0.2) is 9.67 Å². The van der Waals surface area contributed by atoms with Crippen LogP contribution in [0.25, 0.3) is 0 Å². The van der Waals surface area contributed by atoms with Crippen molar-refractivity contribution in [3.63, 3.8) is 0 Å². The monoisotopic (exact) mass is 252 g/mol. The molecule has 0 aliphatic heterocycles. The highest BCUT2D eigenvalue weighted by atomic mass is 16.2. The van der Waals surface area contributed by atoms with Crippen LogP contribution in [0.2, 0.25) is 0 Å². The zero-order chi connectivity index (χ0) is 13.2.